The van der Waals surface area contributed by atoms with Gasteiger partial charge in [0.05, 0.1) is 24.8 Å². The molecule has 6 atom stereocenters. The van der Waals surface area contributed by atoms with Gasteiger partial charge >= 0.3 is 6.09 Å². The zero-order valence-electron chi connectivity index (χ0n) is 39.2. The van der Waals surface area contributed by atoms with E-state index in [9.17, 15) is 19.4 Å². The second kappa shape index (κ2) is 23.7. The number of nitrogens with zero attached hydrogens (tertiary/aromatic N) is 2. The molecule has 0 unspecified atom stereocenters. The van der Waals surface area contributed by atoms with Crippen molar-refractivity contribution < 1.29 is 43.2 Å². The van der Waals surface area contributed by atoms with Crippen LogP contribution in [0.3, 0.4) is 0 Å². The summed E-state index contributed by atoms with van der Waals surface area (Å²) >= 11 is 0. The summed E-state index contributed by atoms with van der Waals surface area (Å²) in [6.07, 6.45) is 10.1. The fourth-order valence-corrected chi connectivity index (χ4v) is 10.4. The van der Waals surface area contributed by atoms with Crippen LogP contribution in [0.1, 0.15) is 74.0 Å². The number of oxime groups is 1. The van der Waals surface area contributed by atoms with Gasteiger partial charge in [-0.05, 0) is 114 Å². The maximum atomic E-state index is 14.8. The van der Waals surface area contributed by atoms with Crippen LogP contribution >= 0.6 is 0 Å². The number of allylic oxidation sites excluding steroid dienone is 1. The quantitative estimate of drug-likeness (QED) is 0.0378. The molecule has 0 radical (unpaired) electrons. The summed E-state index contributed by atoms with van der Waals surface area (Å²) in [5.74, 6) is -0.866. The number of ether oxygens (including phenoxy) is 4. The highest BCUT2D eigenvalue weighted by molar-refractivity contribution is 6.03. The molecule has 1 saturated carbocycles. The van der Waals surface area contributed by atoms with Crippen molar-refractivity contribution in [3.63, 3.8) is 0 Å². The highest BCUT2D eigenvalue weighted by Crippen LogP contribution is 2.62. The van der Waals surface area contributed by atoms with E-state index in [2.05, 4.69) is 37.4 Å². The van der Waals surface area contributed by atoms with E-state index in [-0.39, 0.29) is 63.8 Å². The van der Waals surface area contributed by atoms with E-state index in [4.69, 9.17) is 28.9 Å². The summed E-state index contributed by atoms with van der Waals surface area (Å²) in [5, 5.41) is 25.0. The van der Waals surface area contributed by atoms with Crippen LogP contribution in [0.25, 0.3) is 11.1 Å². The van der Waals surface area contributed by atoms with Crippen LogP contribution in [0.2, 0.25) is 0 Å². The lowest BCUT2D eigenvalue weighted by Crippen LogP contribution is -2.70. The molecule has 1 aliphatic heterocycles. The Morgan fingerprint density at radius 1 is 0.812 bits per heavy atom. The molecule has 3 aliphatic rings. The molecule has 0 saturated heterocycles. The van der Waals surface area contributed by atoms with Gasteiger partial charge in [-0.2, -0.15) is 0 Å². The molecule has 5 aromatic carbocycles. The summed E-state index contributed by atoms with van der Waals surface area (Å²) in [7, 11) is 0. The van der Waals surface area contributed by atoms with E-state index in [0.29, 0.717) is 47.8 Å². The fourth-order valence-electron chi connectivity index (χ4n) is 10.4. The van der Waals surface area contributed by atoms with Crippen molar-refractivity contribution >= 4 is 11.8 Å². The first-order valence-electron chi connectivity index (χ1n) is 24.2. The summed E-state index contributed by atoms with van der Waals surface area (Å²) in [5.41, 5.74) is 6.28. The predicted octanol–water partition coefficient (Wildman–Crippen LogP) is 12.3. The molecule has 10 nitrogen and oxygen atoms in total. The Morgan fingerprint density at radius 2 is 1.51 bits per heavy atom. The Balaban J connectivity index is 1.30. The molecule has 2 N–H and O–H groups in total. The Hall–Kier alpha value is -6.53. The summed E-state index contributed by atoms with van der Waals surface area (Å²) < 4.78 is 41.6. The third-order valence-corrected chi connectivity index (χ3v) is 13.5. The lowest BCUT2D eigenvalue weighted by molar-refractivity contribution is -0.256. The Bertz CT molecular complexity index is 2530. The van der Waals surface area contributed by atoms with Gasteiger partial charge in [-0.3, -0.25) is 4.90 Å². The van der Waals surface area contributed by atoms with Crippen LogP contribution in [-0.2, 0) is 27.5 Å². The first-order valence-corrected chi connectivity index (χ1v) is 24.2. The lowest BCUT2D eigenvalue weighted by Gasteiger charge is -2.59. The van der Waals surface area contributed by atoms with Crippen molar-refractivity contribution in [2.45, 2.75) is 82.3 Å². The number of amides is 1. The number of aliphatic hydroxyl groups excluding tert-OH is 2. The minimum atomic E-state index is -1.53. The highest BCUT2D eigenvalue weighted by Gasteiger charge is 2.65. The normalized spacial score (nSPS) is 21.8. The number of unbranched alkanes of at least 4 members (excludes halogenated alkanes) is 2. The smallest absolute Gasteiger partial charge is 0.410 e. The highest BCUT2D eigenvalue weighted by atomic mass is 19.1. The van der Waals surface area contributed by atoms with Crippen LogP contribution in [-0.4, -0.2) is 65.2 Å². The molecule has 1 fully saturated rings. The van der Waals surface area contributed by atoms with Gasteiger partial charge in [0, 0.05) is 37.7 Å². The number of halogens is 1. The maximum absolute atomic E-state index is 14.8. The van der Waals surface area contributed by atoms with Crippen molar-refractivity contribution in [2.75, 3.05) is 26.4 Å². The number of aliphatic hydroxyl groups is 2. The number of hydrogen-bond donors (Lipinski definition) is 2. The number of hydrogen-bond acceptors (Lipinski definition) is 9. The molecule has 69 heavy (non-hydrogen) atoms. The Labute approximate surface area is 405 Å². The standard InChI is InChI=1S/C58H63FN2O8/c1-3-5-35-65-57(64)61(39-41-22-26-46(59)27-23-41)54-38-52(60-67-40-42-16-8-6-9-17-42)50-36-45(20-12-14-32-62)49(21-13-15-33-63)55-51-37-48(30-31-53(51)69-58(54,56(50)55)66-34-4-2)68-47-28-24-44(25-29-47)43-18-10-7-11-19-43/h3-4,6-11,16-19,22-31,36-37,45,49,54-56,62-63H,1-2,5,12-15,20-21,32-35,38-40H2/t45-,49+,54-,55+,56+,58+/m0/s1. The van der Waals surface area contributed by atoms with Crippen molar-refractivity contribution in [3.8, 4) is 28.4 Å². The minimum Gasteiger partial charge on any atom is -0.459 e. The van der Waals surface area contributed by atoms with Crippen LogP contribution < -0.4 is 9.47 Å². The van der Waals surface area contributed by atoms with E-state index in [0.717, 1.165) is 53.5 Å². The molecule has 8 rings (SSSR count). The van der Waals surface area contributed by atoms with Gasteiger partial charge in [-0.25, -0.2) is 9.18 Å². The van der Waals surface area contributed by atoms with E-state index >= 15 is 0 Å². The number of fused-ring (bicyclic) bond motifs is 2. The molecular weight excluding hydrogens is 872 g/mol. The molecule has 0 spiro atoms. The number of carbonyl (C=O) groups is 1. The predicted molar refractivity (Wildman–Crippen MR) is 266 cm³/mol. The SMILES string of the molecule is C=CCCOC(=O)N(Cc1ccc(F)cc1)[C@H]1CC(=NOCc2ccccc2)C2=C[C@H](CCCCO)[C@@H](CCCCO)[C@@H]3c4cc(Oc5ccc(-c6ccccc6)cc5)ccc4O[C@@]1(OCC=C)[C@H]23. The number of carbonyl (C=O) groups excluding carboxylic acids is 1. The molecule has 1 amide bonds. The van der Waals surface area contributed by atoms with E-state index < -0.39 is 29.7 Å². The Morgan fingerprint density at radius 3 is 2.22 bits per heavy atom. The monoisotopic (exact) mass is 934 g/mol. The van der Waals surface area contributed by atoms with E-state index in [1.165, 1.54) is 12.1 Å². The molecule has 2 aliphatic carbocycles. The minimum absolute atomic E-state index is 0.00548. The van der Waals surface area contributed by atoms with Gasteiger partial charge in [0.15, 0.2) is 0 Å². The molecule has 1 heterocycles. The van der Waals surface area contributed by atoms with Gasteiger partial charge in [0.1, 0.15) is 35.7 Å². The number of benzene rings is 5. The summed E-state index contributed by atoms with van der Waals surface area (Å²) in [4.78, 5) is 22.6. The molecule has 5 aromatic rings. The zero-order valence-corrected chi connectivity index (χ0v) is 39.2. The fraction of sp³-hybridized carbons (Fsp3) is 0.345. The molecular formula is C58H63FN2O8. The second-order valence-corrected chi connectivity index (χ2v) is 18.0. The van der Waals surface area contributed by atoms with Crippen LogP contribution in [0.4, 0.5) is 9.18 Å². The van der Waals surface area contributed by atoms with Crippen molar-refractivity contribution in [3.05, 3.63) is 187 Å². The maximum Gasteiger partial charge on any atom is 0.410 e. The molecule has 360 valence electrons. The molecule has 0 aromatic heterocycles. The molecule has 0 bridgehead atoms. The van der Waals surface area contributed by atoms with Gasteiger partial charge in [-0.1, -0.05) is 121 Å². The lowest BCUT2D eigenvalue weighted by atomic mass is 9.55. The zero-order chi connectivity index (χ0) is 48.0. The van der Waals surface area contributed by atoms with Crippen LogP contribution in [0, 0.1) is 23.6 Å². The van der Waals surface area contributed by atoms with E-state index in [1.54, 1.807) is 29.2 Å². The van der Waals surface area contributed by atoms with Crippen molar-refractivity contribution in [2.24, 2.45) is 22.9 Å². The third-order valence-electron chi connectivity index (χ3n) is 13.5. The summed E-state index contributed by atoms with van der Waals surface area (Å²) in [6, 6.07) is 39.2. The topological polar surface area (TPSA) is 119 Å². The second-order valence-electron chi connectivity index (χ2n) is 18.0. The number of rotatable bonds is 23. The Kier molecular flexibility index (Phi) is 16.8. The first kappa shape index (κ1) is 48.9. The third kappa shape index (κ3) is 11.5. The molecule has 11 heteroatoms. The van der Waals surface area contributed by atoms with Gasteiger partial charge in [0.2, 0.25) is 5.79 Å². The van der Waals surface area contributed by atoms with Crippen molar-refractivity contribution in [1.29, 1.82) is 0 Å². The van der Waals surface area contributed by atoms with Gasteiger partial charge < -0.3 is 34.0 Å². The van der Waals surface area contributed by atoms with Gasteiger partial charge in [0.25, 0.3) is 0 Å². The average Bonchev–Trinajstić information content (AvgIpc) is 3.38. The van der Waals surface area contributed by atoms with Crippen molar-refractivity contribution in [1.82, 2.24) is 4.90 Å². The first-order chi connectivity index (χ1) is 33.8. The van der Waals surface area contributed by atoms with Crippen LogP contribution in [0.5, 0.6) is 17.2 Å². The van der Waals surface area contributed by atoms with Crippen LogP contribution in [0.15, 0.2) is 170 Å². The average molecular weight is 935 g/mol. The van der Waals surface area contributed by atoms with E-state index in [1.807, 2.05) is 84.9 Å². The summed E-state index contributed by atoms with van der Waals surface area (Å²) in [6.45, 7) is 8.47. The largest absolute Gasteiger partial charge is 0.459 e. The van der Waals surface area contributed by atoms with Gasteiger partial charge in [-0.15, -0.1) is 13.2 Å².